The summed E-state index contributed by atoms with van der Waals surface area (Å²) in [4.78, 5) is 12.9. The van der Waals surface area contributed by atoms with Crippen molar-refractivity contribution in [2.45, 2.75) is 18.7 Å². The van der Waals surface area contributed by atoms with E-state index in [0.29, 0.717) is 42.6 Å². The molecule has 1 N–H and O–H groups in total. The lowest BCUT2D eigenvalue weighted by molar-refractivity contribution is -0.119. The summed E-state index contributed by atoms with van der Waals surface area (Å²) in [5.74, 6) is 0.788. The van der Waals surface area contributed by atoms with E-state index < -0.39 is 22.5 Å². The molecule has 0 fully saturated rings. The van der Waals surface area contributed by atoms with Gasteiger partial charge in [0.1, 0.15) is 18.9 Å². The van der Waals surface area contributed by atoms with E-state index in [2.05, 4.69) is 17.1 Å². The van der Waals surface area contributed by atoms with Gasteiger partial charge < -0.3 is 14.2 Å². The Labute approximate surface area is 223 Å². The van der Waals surface area contributed by atoms with Crippen LogP contribution in [0.25, 0.3) is 0 Å². The third-order valence-electron chi connectivity index (χ3n) is 5.08. The number of para-hydroxylation sites is 2. The summed E-state index contributed by atoms with van der Waals surface area (Å²) in [5.41, 5.74) is 3.30. The Kier molecular flexibility index (Phi) is 10.3. The molecule has 200 valence electrons. The zero-order chi connectivity index (χ0) is 27.4. The van der Waals surface area contributed by atoms with Gasteiger partial charge in [-0.3, -0.25) is 9.10 Å². The van der Waals surface area contributed by atoms with Crippen molar-refractivity contribution in [3.8, 4) is 17.2 Å². The molecule has 0 spiro atoms. The van der Waals surface area contributed by atoms with Gasteiger partial charge in [0.25, 0.3) is 15.9 Å². The van der Waals surface area contributed by atoms with Crippen molar-refractivity contribution in [3.63, 3.8) is 0 Å². The average molecular weight is 538 g/mol. The van der Waals surface area contributed by atoms with E-state index in [1.807, 2.05) is 6.92 Å². The monoisotopic (exact) mass is 537 g/mol. The standard InChI is InChI=1S/C28H31N3O6S/c1-4-18-37-26-17-16-22(19-27(26)36-6-3)20-29-30-28(32)21-31(24-14-10-11-15-25(24)35-5-2)38(33,34)23-12-8-7-9-13-23/h4,7-17,19-20H,1,5-6,18,21H2,2-3H3,(H,30,32)/b29-20-. The highest BCUT2D eigenvalue weighted by atomic mass is 32.2. The summed E-state index contributed by atoms with van der Waals surface area (Å²) in [5, 5.41) is 4.01. The number of rotatable bonds is 14. The molecule has 0 atom stereocenters. The first-order chi connectivity index (χ1) is 18.4. The van der Waals surface area contributed by atoms with Crippen LogP contribution in [0.1, 0.15) is 19.4 Å². The van der Waals surface area contributed by atoms with Crippen LogP contribution in [0.2, 0.25) is 0 Å². The van der Waals surface area contributed by atoms with Crippen LogP contribution in [0, 0.1) is 0 Å². The molecule has 0 saturated carbocycles. The van der Waals surface area contributed by atoms with Crippen LogP contribution in [0.4, 0.5) is 5.69 Å². The summed E-state index contributed by atoms with van der Waals surface area (Å²) in [6.45, 7) is 7.87. The number of ether oxygens (including phenoxy) is 3. The number of carbonyl (C=O) groups excluding carboxylic acids is 1. The quantitative estimate of drug-likeness (QED) is 0.186. The fourth-order valence-corrected chi connectivity index (χ4v) is 4.90. The second-order valence-corrected chi connectivity index (χ2v) is 9.62. The van der Waals surface area contributed by atoms with Crippen LogP contribution in [-0.4, -0.2) is 46.9 Å². The van der Waals surface area contributed by atoms with Gasteiger partial charge in [-0.15, -0.1) is 0 Å². The lowest BCUT2D eigenvalue weighted by atomic mass is 10.2. The number of benzene rings is 3. The Morgan fingerprint density at radius 1 is 0.921 bits per heavy atom. The van der Waals surface area contributed by atoms with Crippen molar-refractivity contribution in [2.75, 3.05) is 30.7 Å². The Balaban J connectivity index is 1.82. The third kappa shape index (κ3) is 7.36. The molecule has 3 aromatic rings. The predicted molar refractivity (Wildman–Crippen MR) is 148 cm³/mol. The van der Waals surface area contributed by atoms with E-state index in [1.54, 1.807) is 73.7 Å². The summed E-state index contributed by atoms with van der Waals surface area (Å²) in [6.07, 6.45) is 3.07. The first-order valence-electron chi connectivity index (χ1n) is 12.0. The molecule has 1 amide bonds. The molecule has 38 heavy (non-hydrogen) atoms. The van der Waals surface area contributed by atoms with Crippen LogP contribution in [-0.2, 0) is 14.8 Å². The largest absolute Gasteiger partial charge is 0.492 e. The van der Waals surface area contributed by atoms with Gasteiger partial charge in [-0.25, -0.2) is 13.8 Å². The summed E-state index contributed by atoms with van der Waals surface area (Å²) in [6, 6.07) is 19.8. The van der Waals surface area contributed by atoms with Crippen molar-refractivity contribution in [3.05, 3.63) is 91.0 Å². The highest BCUT2D eigenvalue weighted by Gasteiger charge is 2.29. The number of anilines is 1. The molecule has 0 aliphatic rings. The van der Waals surface area contributed by atoms with Gasteiger partial charge in [-0.1, -0.05) is 43.0 Å². The number of amides is 1. The van der Waals surface area contributed by atoms with Gasteiger partial charge in [0, 0.05) is 0 Å². The predicted octanol–water partition coefficient (Wildman–Crippen LogP) is 4.39. The maximum Gasteiger partial charge on any atom is 0.264 e. The second-order valence-electron chi connectivity index (χ2n) is 7.76. The SMILES string of the molecule is C=CCOc1ccc(/C=N\NC(=O)CN(c2ccccc2OCC)S(=O)(=O)c2ccccc2)cc1OCC. The summed E-state index contributed by atoms with van der Waals surface area (Å²) < 4.78 is 45.0. The molecule has 0 aliphatic carbocycles. The maximum absolute atomic E-state index is 13.5. The number of nitrogens with one attached hydrogen (secondary N) is 1. The molecule has 0 saturated heterocycles. The number of hydrogen-bond donors (Lipinski definition) is 1. The number of carbonyl (C=O) groups is 1. The molecule has 3 aromatic carbocycles. The van der Waals surface area contributed by atoms with Gasteiger partial charge in [-0.2, -0.15) is 5.10 Å². The fraction of sp³-hybridized carbons (Fsp3) is 0.214. The minimum absolute atomic E-state index is 0.0461. The fourth-order valence-electron chi connectivity index (χ4n) is 3.45. The van der Waals surface area contributed by atoms with Crippen molar-refractivity contribution in [1.82, 2.24) is 5.43 Å². The van der Waals surface area contributed by atoms with E-state index in [4.69, 9.17) is 14.2 Å². The van der Waals surface area contributed by atoms with Gasteiger partial charge in [0.05, 0.1) is 30.0 Å². The van der Waals surface area contributed by atoms with Crippen LogP contribution in [0.15, 0.2) is 95.4 Å². The van der Waals surface area contributed by atoms with Gasteiger partial charge in [0.15, 0.2) is 11.5 Å². The molecular formula is C28H31N3O6S. The highest BCUT2D eigenvalue weighted by molar-refractivity contribution is 7.92. The molecule has 3 rings (SSSR count). The molecule has 0 heterocycles. The molecule has 0 aromatic heterocycles. The van der Waals surface area contributed by atoms with Crippen LogP contribution < -0.4 is 23.9 Å². The number of hydrazone groups is 1. The Morgan fingerprint density at radius 2 is 1.61 bits per heavy atom. The van der Waals surface area contributed by atoms with E-state index in [1.165, 1.54) is 18.3 Å². The molecule has 0 radical (unpaired) electrons. The zero-order valence-electron chi connectivity index (χ0n) is 21.4. The van der Waals surface area contributed by atoms with Crippen molar-refractivity contribution in [2.24, 2.45) is 5.10 Å². The number of nitrogens with zero attached hydrogens (tertiary/aromatic N) is 2. The molecule has 10 heteroatoms. The van der Waals surface area contributed by atoms with Crippen LogP contribution in [0.3, 0.4) is 0 Å². The lowest BCUT2D eigenvalue weighted by Gasteiger charge is -2.25. The van der Waals surface area contributed by atoms with Gasteiger partial charge in [0.2, 0.25) is 0 Å². The number of hydrogen-bond acceptors (Lipinski definition) is 7. The second kappa shape index (κ2) is 13.8. The van der Waals surface area contributed by atoms with Crippen molar-refractivity contribution >= 4 is 27.8 Å². The highest BCUT2D eigenvalue weighted by Crippen LogP contribution is 2.32. The Hall–Kier alpha value is -4.31. The molecule has 9 nitrogen and oxygen atoms in total. The minimum atomic E-state index is -4.09. The maximum atomic E-state index is 13.5. The van der Waals surface area contributed by atoms with E-state index in [-0.39, 0.29) is 10.6 Å². The summed E-state index contributed by atoms with van der Waals surface area (Å²) in [7, 11) is -4.09. The first-order valence-corrected chi connectivity index (χ1v) is 13.5. The Bertz CT molecular complexity index is 1360. The smallest absolute Gasteiger partial charge is 0.264 e. The molecular weight excluding hydrogens is 506 g/mol. The zero-order valence-corrected chi connectivity index (χ0v) is 22.2. The van der Waals surface area contributed by atoms with Crippen LogP contribution >= 0.6 is 0 Å². The molecule has 0 bridgehead atoms. The normalized spacial score (nSPS) is 11.1. The number of sulfonamides is 1. The summed E-state index contributed by atoms with van der Waals surface area (Å²) >= 11 is 0. The average Bonchev–Trinajstić information content (AvgIpc) is 2.92. The van der Waals surface area contributed by atoms with Crippen molar-refractivity contribution in [1.29, 1.82) is 0 Å². The van der Waals surface area contributed by atoms with Gasteiger partial charge >= 0.3 is 0 Å². The van der Waals surface area contributed by atoms with E-state index in [9.17, 15) is 13.2 Å². The Morgan fingerprint density at radius 3 is 2.32 bits per heavy atom. The van der Waals surface area contributed by atoms with Gasteiger partial charge in [-0.05, 0) is 61.9 Å². The minimum Gasteiger partial charge on any atom is -0.492 e. The molecule has 0 aliphatic heterocycles. The topological polar surface area (TPSA) is 107 Å². The molecule has 0 unspecified atom stereocenters. The first kappa shape index (κ1) is 28.3. The van der Waals surface area contributed by atoms with E-state index >= 15 is 0 Å². The van der Waals surface area contributed by atoms with Crippen molar-refractivity contribution < 1.29 is 27.4 Å². The van der Waals surface area contributed by atoms with E-state index in [0.717, 1.165) is 4.31 Å². The third-order valence-corrected chi connectivity index (χ3v) is 6.85. The van der Waals surface area contributed by atoms with Crippen LogP contribution in [0.5, 0.6) is 17.2 Å². The lowest BCUT2D eigenvalue weighted by Crippen LogP contribution is -2.39.